The van der Waals surface area contributed by atoms with Gasteiger partial charge in [-0.15, -0.1) is 0 Å². The summed E-state index contributed by atoms with van der Waals surface area (Å²) in [6, 6.07) is 24.7. The summed E-state index contributed by atoms with van der Waals surface area (Å²) in [7, 11) is 0. The lowest BCUT2D eigenvalue weighted by atomic mass is 9.67. The van der Waals surface area contributed by atoms with E-state index in [2.05, 4.69) is 50.3 Å². The molecule has 0 saturated carbocycles. The van der Waals surface area contributed by atoms with Gasteiger partial charge in [0.1, 0.15) is 6.61 Å². The highest BCUT2D eigenvalue weighted by atomic mass is 16.6. The summed E-state index contributed by atoms with van der Waals surface area (Å²) in [5, 5.41) is 0. The van der Waals surface area contributed by atoms with Crippen LogP contribution >= 0.6 is 0 Å². The molecule has 5 rings (SSSR count). The van der Waals surface area contributed by atoms with Crippen molar-refractivity contribution in [3.8, 4) is 0 Å². The zero-order valence-electron chi connectivity index (χ0n) is 24.0. The minimum absolute atomic E-state index is 0.0115. The molecule has 2 amide bonds. The first-order valence-electron chi connectivity index (χ1n) is 14.6. The highest BCUT2D eigenvalue weighted by Gasteiger charge is 2.38. The van der Waals surface area contributed by atoms with Crippen molar-refractivity contribution in [2.24, 2.45) is 5.41 Å². The third-order valence-corrected chi connectivity index (χ3v) is 8.38. The molecule has 0 atom stereocenters. The largest absolute Gasteiger partial charge is 0.445 e. The molecule has 1 aliphatic heterocycles. The zero-order chi connectivity index (χ0) is 28.1. The Morgan fingerprint density at radius 3 is 2.35 bits per heavy atom. The Morgan fingerprint density at radius 1 is 0.950 bits per heavy atom. The normalized spacial score (nSPS) is 15.8. The lowest BCUT2D eigenvalue weighted by molar-refractivity contribution is 0.0721. The van der Waals surface area contributed by atoms with Crippen LogP contribution in [0.3, 0.4) is 0 Å². The second-order valence-corrected chi connectivity index (χ2v) is 11.2. The van der Waals surface area contributed by atoms with Gasteiger partial charge in [0, 0.05) is 31.7 Å². The molecule has 0 unspecified atom stereocenters. The van der Waals surface area contributed by atoms with Crippen molar-refractivity contribution in [2.45, 2.75) is 53.1 Å². The SMILES string of the molecule is CCCN(CC)C(=O)c1ccc(C2=CC3(CCN(C(=O)OCc4ccccc4)CC3)Cc3ccc(C)cc32)cc1. The van der Waals surface area contributed by atoms with Crippen LogP contribution in [0.4, 0.5) is 4.79 Å². The Balaban J connectivity index is 1.35. The predicted octanol–water partition coefficient (Wildman–Crippen LogP) is 7.27. The van der Waals surface area contributed by atoms with Crippen molar-refractivity contribution in [2.75, 3.05) is 26.2 Å². The van der Waals surface area contributed by atoms with Crippen molar-refractivity contribution in [1.29, 1.82) is 0 Å². The van der Waals surface area contributed by atoms with Crippen LogP contribution in [-0.2, 0) is 17.8 Å². The molecule has 40 heavy (non-hydrogen) atoms. The van der Waals surface area contributed by atoms with Crippen LogP contribution in [0, 0.1) is 12.3 Å². The van der Waals surface area contributed by atoms with Gasteiger partial charge in [0.25, 0.3) is 5.91 Å². The summed E-state index contributed by atoms with van der Waals surface area (Å²) in [5.41, 5.74) is 7.94. The van der Waals surface area contributed by atoms with E-state index in [1.165, 1.54) is 22.3 Å². The Kier molecular flexibility index (Phi) is 8.39. The molecular weight excluding hydrogens is 496 g/mol. The van der Waals surface area contributed by atoms with Crippen LogP contribution in [0.1, 0.15) is 71.3 Å². The number of hydrogen-bond acceptors (Lipinski definition) is 3. The number of fused-ring (bicyclic) bond motifs is 1. The maximum Gasteiger partial charge on any atom is 0.410 e. The van der Waals surface area contributed by atoms with Crippen LogP contribution in [0.15, 0.2) is 78.9 Å². The number of allylic oxidation sites excluding steroid dienone is 1. The van der Waals surface area contributed by atoms with Gasteiger partial charge in [0.05, 0.1) is 0 Å². The van der Waals surface area contributed by atoms with Crippen LogP contribution in [0.25, 0.3) is 5.57 Å². The number of rotatable bonds is 7. The highest BCUT2D eigenvalue weighted by molar-refractivity contribution is 5.95. The van der Waals surface area contributed by atoms with Crippen LogP contribution in [-0.4, -0.2) is 48.0 Å². The molecule has 0 bridgehead atoms. The lowest BCUT2D eigenvalue weighted by Gasteiger charge is -2.43. The third-order valence-electron chi connectivity index (χ3n) is 8.38. The van der Waals surface area contributed by atoms with Crippen molar-refractivity contribution < 1.29 is 14.3 Å². The maximum absolute atomic E-state index is 13.0. The number of piperidine rings is 1. The zero-order valence-corrected chi connectivity index (χ0v) is 24.0. The molecule has 5 heteroatoms. The van der Waals surface area contributed by atoms with Crippen molar-refractivity contribution in [1.82, 2.24) is 9.80 Å². The Bertz CT molecular complexity index is 1370. The van der Waals surface area contributed by atoms with Gasteiger partial charge >= 0.3 is 6.09 Å². The van der Waals surface area contributed by atoms with E-state index in [9.17, 15) is 9.59 Å². The molecule has 1 spiro atoms. The number of likely N-dealkylation sites (tertiary alicyclic amines) is 1. The van der Waals surface area contributed by atoms with E-state index in [1.807, 2.05) is 59.2 Å². The van der Waals surface area contributed by atoms with Crippen LogP contribution in [0.2, 0.25) is 0 Å². The highest BCUT2D eigenvalue weighted by Crippen LogP contribution is 2.46. The topological polar surface area (TPSA) is 49.9 Å². The number of hydrogen-bond donors (Lipinski definition) is 0. The van der Waals surface area contributed by atoms with Crippen LogP contribution in [0.5, 0.6) is 0 Å². The Labute approximate surface area is 238 Å². The summed E-state index contributed by atoms with van der Waals surface area (Å²) in [5.74, 6) is 0.0905. The number of nitrogens with zero attached hydrogens (tertiary/aromatic N) is 2. The average molecular weight is 537 g/mol. The quantitative estimate of drug-likeness (QED) is 0.319. The average Bonchev–Trinajstić information content (AvgIpc) is 2.99. The first-order valence-corrected chi connectivity index (χ1v) is 14.6. The number of carbonyl (C=O) groups is 2. The fraction of sp³-hybridized carbons (Fsp3) is 0.371. The van der Waals surface area contributed by atoms with Gasteiger partial charge in [-0.05, 0) is 84.9 Å². The fourth-order valence-electron chi connectivity index (χ4n) is 6.06. The minimum atomic E-state index is -0.237. The first kappa shape index (κ1) is 27.7. The molecule has 2 aliphatic rings. The lowest BCUT2D eigenvalue weighted by Crippen LogP contribution is -2.44. The molecule has 1 fully saturated rings. The third kappa shape index (κ3) is 5.99. The van der Waals surface area contributed by atoms with Gasteiger partial charge in [-0.1, -0.05) is 79.2 Å². The van der Waals surface area contributed by atoms with Gasteiger partial charge in [-0.3, -0.25) is 4.79 Å². The van der Waals surface area contributed by atoms with Gasteiger partial charge in [-0.25, -0.2) is 4.79 Å². The van der Waals surface area contributed by atoms with Gasteiger partial charge < -0.3 is 14.5 Å². The number of amides is 2. The second-order valence-electron chi connectivity index (χ2n) is 11.2. The van der Waals surface area contributed by atoms with Crippen molar-refractivity contribution >= 4 is 17.6 Å². The maximum atomic E-state index is 13.0. The van der Waals surface area contributed by atoms with E-state index in [-0.39, 0.29) is 17.4 Å². The van der Waals surface area contributed by atoms with E-state index in [4.69, 9.17) is 4.74 Å². The predicted molar refractivity (Wildman–Crippen MR) is 160 cm³/mol. The molecule has 208 valence electrons. The van der Waals surface area contributed by atoms with E-state index in [0.717, 1.165) is 48.9 Å². The molecular formula is C35H40N2O3. The van der Waals surface area contributed by atoms with Crippen molar-refractivity contribution in [3.05, 3.63) is 112 Å². The Hall–Kier alpha value is -3.86. The standard InChI is InChI=1S/C35H40N2O3/c1-4-19-36(5-2)33(38)29-15-13-28(14-16-29)32-24-35(23-30-12-11-26(3)22-31(30)32)17-20-37(21-18-35)34(39)40-25-27-9-7-6-8-10-27/h6-16,22,24H,4-5,17-21,23,25H2,1-3H3. The number of benzene rings is 3. The van der Waals surface area contributed by atoms with Crippen molar-refractivity contribution in [3.63, 3.8) is 0 Å². The molecule has 3 aromatic rings. The van der Waals surface area contributed by atoms with Gasteiger partial charge in [0.2, 0.25) is 0 Å². The van der Waals surface area contributed by atoms with E-state index >= 15 is 0 Å². The van der Waals surface area contributed by atoms with Crippen LogP contribution < -0.4 is 0 Å². The van der Waals surface area contributed by atoms with E-state index in [0.29, 0.717) is 26.2 Å². The minimum Gasteiger partial charge on any atom is -0.445 e. The Morgan fingerprint density at radius 2 is 1.68 bits per heavy atom. The summed E-state index contributed by atoms with van der Waals surface area (Å²) < 4.78 is 5.61. The van der Waals surface area contributed by atoms with Gasteiger partial charge in [-0.2, -0.15) is 0 Å². The second kappa shape index (κ2) is 12.1. The molecule has 5 nitrogen and oxygen atoms in total. The molecule has 0 aromatic heterocycles. The van der Waals surface area contributed by atoms with Gasteiger partial charge in [0.15, 0.2) is 0 Å². The molecule has 1 saturated heterocycles. The smallest absolute Gasteiger partial charge is 0.410 e. The first-order chi connectivity index (χ1) is 19.4. The monoisotopic (exact) mass is 536 g/mol. The fourth-order valence-corrected chi connectivity index (χ4v) is 6.06. The molecule has 0 N–H and O–H groups in total. The van der Waals surface area contributed by atoms with E-state index in [1.54, 1.807) is 0 Å². The number of ether oxygens (including phenoxy) is 1. The summed E-state index contributed by atoms with van der Waals surface area (Å²) in [6.45, 7) is 9.40. The van der Waals surface area contributed by atoms with E-state index < -0.39 is 0 Å². The number of carbonyl (C=O) groups excluding carboxylic acids is 2. The molecule has 1 aliphatic carbocycles. The summed E-state index contributed by atoms with van der Waals surface area (Å²) in [4.78, 5) is 29.6. The number of aryl methyl sites for hydroxylation is 1. The molecule has 1 heterocycles. The summed E-state index contributed by atoms with van der Waals surface area (Å²) in [6.07, 6.45) is 5.92. The molecule has 3 aromatic carbocycles. The summed E-state index contributed by atoms with van der Waals surface area (Å²) >= 11 is 0. The molecule has 0 radical (unpaired) electrons.